The van der Waals surface area contributed by atoms with Crippen LogP contribution in [-0.2, 0) is 0 Å². The van der Waals surface area contributed by atoms with Crippen molar-refractivity contribution in [2.45, 2.75) is 26.8 Å². The second kappa shape index (κ2) is 7.34. The zero-order chi connectivity index (χ0) is 18.8. The highest BCUT2D eigenvalue weighted by Crippen LogP contribution is 2.34. The summed E-state index contributed by atoms with van der Waals surface area (Å²) in [4.78, 5) is 4.62. The van der Waals surface area contributed by atoms with Crippen molar-refractivity contribution in [1.29, 1.82) is 0 Å². The van der Waals surface area contributed by atoms with Crippen LogP contribution in [0.2, 0.25) is 5.02 Å². The highest BCUT2D eigenvalue weighted by atomic mass is 35.5. The summed E-state index contributed by atoms with van der Waals surface area (Å²) in [5.41, 5.74) is 3.74. The lowest BCUT2D eigenvalue weighted by molar-refractivity contribution is 0.477. The molecule has 26 heavy (non-hydrogen) atoms. The Morgan fingerprint density at radius 3 is 2.50 bits per heavy atom. The van der Waals surface area contributed by atoms with Gasteiger partial charge in [-0.3, -0.25) is 0 Å². The maximum Gasteiger partial charge on any atom is 0.142 e. The van der Waals surface area contributed by atoms with Crippen molar-refractivity contribution in [3.8, 4) is 28.1 Å². The first-order valence-corrected chi connectivity index (χ1v) is 8.75. The molecule has 3 aromatic rings. The summed E-state index contributed by atoms with van der Waals surface area (Å²) in [5, 5.41) is 13.6. The van der Waals surface area contributed by atoms with E-state index in [0.717, 1.165) is 11.1 Å². The Bertz CT molecular complexity index is 957. The van der Waals surface area contributed by atoms with Gasteiger partial charge < -0.3 is 10.4 Å². The van der Waals surface area contributed by atoms with E-state index >= 15 is 0 Å². The van der Waals surface area contributed by atoms with Crippen LogP contribution in [0.25, 0.3) is 22.4 Å². The minimum atomic E-state index is -0.473. The smallest absolute Gasteiger partial charge is 0.142 e. The molecule has 0 unspecified atom stereocenters. The van der Waals surface area contributed by atoms with Crippen LogP contribution in [0.1, 0.15) is 19.4 Å². The Kier molecular flexibility index (Phi) is 5.14. The van der Waals surface area contributed by atoms with E-state index in [1.54, 1.807) is 12.1 Å². The van der Waals surface area contributed by atoms with E-state index in [9.17, 15) is 9.50 Å². The molecular weight excluding hydrogens is 351 g/mol. The van der Waals surface area contributed by atoms with E-state index in [-0.39, 0.29) is 16.8 Å². The Morgan fingerprint density at radius 1 is 1.04 bits per heavy atom. The zero-order valence-corrected chi connectivity index (χ0v) is 15.6. The van der Waals surface area contributed by atoms with Crippen molar-refractivity contribution in [3.05, 3.63) is 64.9 Å². The monoisotopic (exact) mass is 370 g/mol. The summed E-state index contributed by atoms with van der Waals surface area (Å²) in [5.74, 6) is 0.334. The van der Waals surface area contributed by atoms with Gasteiger partial charge in [0.05, 0.1) is 10.7 Å². The number of aromatic hydroxyl groups is 1. The summed E-state index contributed by atoms with van der Waals surface area (Å²) in [6.45, 7) is 5.98. The molecule has 0 bridgehead atoms. The van der Waals surface area contributed by atoms with Crippen LogP contribution >= 0.6 is 11.6 Å². The van der Waals surface area contributed by atoms with Crippen molar-refractivity contribution >= 4 is 17.4 Å². The largest absolute Gasteiger partial charge is 0.507 e. The van der Waals surface area contributed by atoms with Gasteiger partial charge in [0.15, 0.2) is 0 Å². The third-order valence-electron chi connectivity index (χ3n) is 3.94. The number of benzene rings is 2. The molecule has 1 heterocycles. The fourth-order valence-corrected chi connectivity index (χ4v) is 2.85. The average Bonchev–Trinajstić information content (AvgIpc) is 2.58. The van der Waals surface area contributed by atoms with Gasteiger partial charge in [0.25, 0.3) is 0 Å². The molecule has 0 amide bonds. The maximum atomic E-state index is 13.9. The predicted octanol–water partition coefficient (Wildman–Crippen LogP) is 6.04. The molecule has 0 aliphatic rings. The molecule has 1 aromatic heterocycles. The number of phenols is 1. The number of pyridine rings is 1. The number of hydrogen-bond donors (Lipinski definition) is 2. The van der Waals surface area contributed by atoms with Gasteiger partial charge in [-0.05, 0) is 68.3 Å². The Labute approximate surface area is 157 Å². The van der Waals surface area contributed by atoms with Gasteiger partial charge in [-0.1, -0.05) is 29.3 Å². The van der Waals surface area contributed by atoms with E-state index in [1.807, 2.05) is 45.0 Å². The lowest BCUT2D eigenvalue weighted by Crippen LogP contribution is -2.11. The van der Waals surface area contributed by atoms with Crippen LogP contribution in [0, 0.1) is 12.7 Å². The van der Waals surface area contributed by atoms with Gasteiger partial charge in [-0.2, -0.15) is 0 Å². The summed E-state index contributed by atoms with van der Waals surface area (Å²) >= 11 is 5.80. The van der Waals surface area contributed by atoms with E-state index in [2.05, 4.69) is 10.3 Å². The number of aryl methyl sites for hydroxylation is 1. The minimum Gasteiger partial charge on any atom is -0.507 e. The lowest BCUT2D eigenvalue weighted by Gasteiger charge is -2.14. The molecular formula is C21H20ClFN2O. The van der Waals surface area contributed by atoms with Gasteiger partial charge in [-0.15, -0.1) is 0 Å². The highest BCUT2D eigenvalue weighted by Gasteiger charge is 2.12. The SMILES string of the molecule is Cc1ccc(O)c(-c2cc(-c3ccc(Cl)c(F)c3)cc(NC(C)C)n2)c1. The number of phenolic OH excluding ortho intramolecular Hbond substituents is 1. The Balaban J connectivity index is 2.18. The summed E-state index contributed by atoms with van der Waals surface area (Å²) in [6.07, 6.45) is 0. The van der Waals surface area contributed by atoms with Crippen LogP contribution in [0.4, 0.5) is 10.2 Å². The fourth-order valence-electron chi connectivity index (χ4n) is 2.74. The van der Waals surface area contributed by atoms with Crippen molar-refractivity contribution in [2.24, 2.45) is 0 Å². The van der Waals surface area contributed by atoms with Gasteiger partial charge >= 0.3 is 0 Å². The molecule has 2 N–H and O–H groups in total. The van der Waals surface area contributed by atoms with E-state index in [0.29, 0.717) is 22.6 Å². The molecule has 0 saturated heterocycles. The standard InChI is InChI=1S/C21H20ClFN2O/c1-12(2)24-21-11-15(14-5-6-17(22)18(23)9-14)10-19(25-21)16-8-13(3)4-7-20(16)26/h4-12,26H,1-3H3,(H,24,25). The van der Waals surface area contributed by atoms with E-state index in [4.69, 9.17) is 11.6 Å². The van der Waals surface area contributed by atoms with Crippen molar-refractivity contribution in [3.63, 3.8) is 0 Å². The Morgan fingerprint density at radius 2 is 1.81 bits per heavy atom. The normalized spacial score (nSPS) is 11.0. The Hall–Kier alpha value is -2.59. The number of nitrogens with one attached hydrogen (secondary N) is 1. The highest BCUT2D eigenvalue weighted by molar-refractivity contribution is 6.30. The number of aromatic nitrogens is 1. The molecule has 0 spiro atoms. The zero-order valence-electron chi connectivity index (χ0n) is 14.8. The molecule has 0 radical (unpaired) electrons. The van der Waals surface area contributed by atoms with Crippen LogP contribution in [-0.4, -0.2) is 16.1 Å². The van der Waals surface area contributed by atoms with Crippen molar-refractivity contribution in [1.82, 2.24) is 4.98 Å². The third kappa shape index (κ3) is 3.97. The topological polar surface area (TPSA) is 45.1 Å². The first kappa shape index (κ1) is 18.2. The molecule has 2 aromatic carbocycles. The van der Waals surface area contributed by atoms with Crippen LogP contribution < -0.4 is 5.32 Å². The van der Waals surface area contributed by atoms with E-state index in [1.165, 1.54) is 12.1 Å². The number of nitrogens with zero attached hydrogens (tertiary/aromatic N) is 1. The van der Waals surface area contributed by atoms with Crippen LogP contribution in [0.3, 0.4) is 0 Å². The van der Waals surface area contributed by atoms with Gasteiger partial charge in [0.2, 0.25) is 0 Å². The van der Waals surface area contributed by atoms with Gasteiger partial charge in [-0.25, -0.2) is 9.37 Å². The van der Waals surface area contributed by atoms with Gasteiger partial charge in [0.1, 0.15) is 17.4 Å². The van der Waals surface area contributed by atoms with Crippen molar-refractivity contribution < 1.29 is 9.50 Å². The summed E-state index contributed by atoms with van der Waals surface area (Å²) in [6, 6.07) is 13.9. The molecule has 5 heteroatoms. The minimum absolute atomic E-state index is 0.0832. The number of rotatable bonds is 4. The second-order valence-electron chi connectivity index (χ2n) is 6.57. The molecule has 3 rings (SSSR count). The first-order valence-electron chi connectivity index (χ1n) is 8.37. The summed E-state index contributed by atoms with van der Waals surface area (Å²) < 4.78 is 13.9. The number of hydrogen-bond acceptors (Lipinski definition) is 3. The lowest BCUT2D eigenvalue weighted by atomic mass is 10.0. The molecule has 3 nitrogen and oxygen atoms in total. The molecule has 0 saturated carbocycles. The first-order chi connectivity index (χ1) is 12.3. The number of anilines is 1. The molecule has 0 aliphatic carbocycles. The van der Waals surface area contributed by atoms with Crippen molar-refractivity contribution in [2.75, 3.05) is 5.32 Å². The average molecular weight is 371 g/mol. The van der Waals surface area contributed by atoms with E-state index < -0.39 is 5.82 Å². The van der Waals surface area contributed by atoms with Crippen LogP contribution in [0.5, 0.6) is 5.75 Å². The van der Waals surface area contributed by atoms with Gasteiger partial charge in [0, 0.05) is 11.6 Å². The quantitative estimate of drug-likeness (QED) is 0.588. The molecule has 0 aliphatic heterocycles. The number of halogens is 2. The molecule has 0 fully saturated rings. The maximum absolute atomic E-state index is 13.9. The second-order valence-corrected chi connectivity index (χ2v) is 6.98. The summed E-state index contributed by atoms with van der Waals surface area (Å²) in [7, 11) is 0. The fraction of sp³-hybridized carbons (Fsp3) is 0.190. The molecule has 0 atom stereocenters. The molecule has 134 valence electrons. The van der Waals surface area contributed by atoms with Crippen LogP contribution in [0.15, 0.2) is 48.5 Å². The predicted molar refractivity (Wildman–Crippen MR) is 105 cm³/mol. The third-order valence-corrected chi connectivity index (χ3v) is 4.25.